The Labute approximate surface area is 152 Å². The maximum absolute atomic E-state index is 12.1. The van der Waals surface area contributed by atoms with Gasteiger partial charge in [0.25, 0.3) is 0 Å². The summed E-state index contributed by atoms with van der Waals surface area (Å²) in [6, 6.07) is 9.83. The standard InChI is InChI=1S/C17H21N3O5S/c1-13-4-6-15(7-5-13)26(23,24)20-9-8-16(21)19-12-17(22)18-11-14-3-2-10-25-14/h2-7,10,20H,8-9,11-12H2,1H3,(H,18,22)(H,19,21). The van der Waals surface area contributed by atoms with Crippen LogP contribution in [0.25, 0.3) is 0 Å². The second-order valence-corrected chi connectivity index (χ2v) is 7.36. The van der Waals surface area contributed by atoms with E-state index in [0.29, 0.717) is 5.76 Å². The van der Waals surface area contributed by atoms with E-state index in [1.165, 1.54) is 18.4 Å². The van der Waals surface area contributed by atoms with Crippen LogP contribution in [-0.2, 0) is 26.2 Å². The zero-order valence-corrected chi connectivity index (χ0v) is 15.1. The molecule has 2 amide bonds. The van der Waals surface area contributed by atoms with Gasteiger partial charge in [-0.1, -0.05) is 17.7 Å². The number of hydrogen-bond acceptors (Lipinski definition) is 5. The van der Waals surface area contributed by atoms with Gasteiger partial charge in [0.05, 0.1) is 24.2 Å². The van der Waals surface area contributed by atoms with Crippen LogP contribution < -0.4 is 15.4 Å². The van der Waals surface area contributed by atoms with Gasteiger partial charge in [0.2, 0.25) is 21.8 Å². The van der Waals surface area contributed by atoms with Crippen LogP contribution in [0, 0.1) is 6.92 Å². The number of nitrogens with one attached hydrogen (secondary N) is 3. The highest BCUT2D eigenvalue weighted by Gasteiger charge is 2.14. The van der Waals surface area contributed by atoms with Gasteiger partial charge in [-0.2, -0.15) is 0 Å². The van der Waals surface area contributed by atoms with Crippen LogP contribution in [0.5, 0.6) is 0 Å². The zero-order chi connectivity index (χ0) is 19.0. The lowest BCUT2D eigenvalue weighted by molar-refractivity contribution is -0.126. The first-order valence-electron chi connectivity index (χ1n) is 7.99. The van der Waals surface area contributed by atoms with Crippen molar-refractivity contribution in [2.75, 3.05) is 13.1 Å². The Balaban J connectivity index is 1.66. The lowest BCUT2D eigenvalue weighted by Crippen LogP contribution is -2.38. The minimum Gasteiger partial charge on any atom is -0.467 e. The Morgan fingerprint density at radius 2 is 1.77 bits per heavy atom. The molecule has 0 aliphatic heterocycles. The maximum atomic E-state index is 12.1. The average Bonchev–Trinajstić information content (AvgIpc) is 3.12. The van der Waals surface area contributed by atoms with Gasteiger partial charge < -0.3 is 15.1 Å². The molecule has 8 nitrogen and oxygen atoms in total. The van der Waals surface area contributed by atoms with Gasteiger partial charge >= 0.3 is 0 Å². The second-order valence-electron chi connectivity index (χ2n) is 5.59. The number of aryl methyl sites for hydroxylation is 1. The van der Waals surface area contributed by atoms with Crippen LogP contribution in [0.1, 0.15) is 17.7 Å². The fraction of sp³-hybridized carbons (Fsp3) is 0.294. The molecule has 1 aromatic heterocycles. The molecule has 0 saturated heterocycles. The van der Waals surface area contributed by atoms with E-state index in [2.05, 4.69) is 15.4 Å². The quantitative estimate of drug-likeness (QED) is 0.592. The molecule has 26 heavy (non-hydrogen) atoms. The molecule has 0 fully saturated rings. The minimum absolute atomic E-state index is 0.0595. The summed E-state index contributed by atoms with van der Waals surface area (Å²) in [5.41, 5.74) is 0.952. The van der Waals surface area contributed by atoms with Crippen molar-refractivity contribution in [1.29, 1.82) is 0 Å². The van der Waals surface area contributed by atoms with E-state index >= 15 is 0 Å². The van der Waals surface area contributed by atoms with Gasteiger partial charge in [-0.05, 0) is 31.2 Å². The van der Waals surface area contributed by atoms with Gasteiger partial charge in [-0.15, -0.1) is 0 Å². The van der Waals surface area contributed by atoms with E-state index in [0.717, 1.165) is 5.56 Å². The molecule has 2 rings (SSSR count). The Hall–Kier alpha value is -2.65. The van der Waals surface area contributed by atoms with Crippen molar-refractivity contribution in [3.8, 4) is 0 Å². The SMILES string of the molecule is Cc1ccc(S(=O)(=O)NCCC(=O)NCC(=O)NCc2ccco2)cc1. The molecule has 9 heteroatoms. The van der Waals surface area contributed by atoms with Crippen LogP contribution in [0.4, 0.5) is 0 Å². The van der Waals surface area contributed by atoms with Crippen LogP contribution in [0.2, 0.25) is 0 Å². The molecule has 1 heterocycles. The number of hydrogen-bond donors (Lipinski definition) is 3. The summed E-state index contributed by atoms with van der Waals surface area (Å²) in [6.45, 7) is 1.84. The summed E-state index contributed by atoms with van der Waals surface area (Å²) >= 11 is 0. The third kappa shape index (κ3) is 6.34. The molecule has 0 radical (unpaired) electrons. The summed E-state index contributed by atoms with van der Waals surface area (Å²) < 4.78 is 31.6. The van der Waals surface area contributed by atoms with Gasteiger partial charge in [0.1, 0.15) is 5.76 Å². The molecule has 2 aromatic rings. The Kier molecular flexibility index (Phi) is 6.93. The predicted octanol–water partition coefficient (Wildman–Crippen LogP) is 0.689. The molecule has 0 aliphatic rings. The van der Waals surface area contributed by atoms with Crippen molar-refractivity contribution >= 4 is 21.8 Å². The van der Waals surface area contributed by atoms with E-state index in [1.54, 1.807) is 24.3 Å². The Morgan fingerprint density at radius 3 is 2.42 bits per heavy atom. The third-order valence-electron chi connectivity index (χ3n) is 3.46. The monoisotopic (exact) mass is 379 g/mol. The van der Waals surface area contributed by atoms with Crippen molar-refractivity contribution in [3.05, 3.63) is 54.0 Å². The number of furan rings is 1. The number of carbonyl (C=O) groups excluding carboxylic acids is 2. The van der Waals surface area contributed by atoms with Crippen LogP contribution in [0.3, 0.4) is 0 Å². The fourth-order valence-corrected chi connectivity index (χ4v) is 3.06. The smallest absolute Gasteiger partial charge is 0.240 e. The number of carbonyl (C=O) groups is 2. The predicted molar refractivity (Wildman–Crippen MR) is 94.5 cm³/mol. The Morgan fingerprint density at radius 1 is 1.04 bits per heavy atom. The number of benzene rings is 1. The molecule has 0 atom stereocenters. The zero-order valence-electron chi connectivity index (χ0n) is 14.3. The minimum atomic E-state index is -3.66. The van der Waals surface area contributed by atoms with E-state index in [1.807, 2.05) is 6.92 Å². The van der Waals surface area contributed by atoms with E-state index in [4.69, 9.17) is 4.42 Å². The molecule has 0 unspecified atom stereocenters. The highest BCUT2D eigenvalue weighted by atomic mass is 32.2. The topological polar surface area (TPSA) is 118 Å². The van der Waals surface area contributed by atoms with Crippen LogP contribution >= 0.6 is 0 Å². The molecule has 1 aromatic carbocycles. The van der Waals surface area contributed by atoms with Crippen LogP contribution in [-0.4, -0.2) is 33.3 Å². The van der Waals surface area contributed by atoms with E-state index in [9.17, 15) is 18.0 Å². The lowest BCUT2D eigenvalue weighted by atomic mass is 10.2. The molecule has 0 bridgehead atoms. The molecule has 3 N–H and O–H groups in total. The van der Waals surface area contributed by atoms with E-state index in [-0.39, 0.29) is 36.9 Å². The first-order chi connectivity index (χ1) is 12.4. The summed E-state index contributed by atoms with van der Waals surface area (Å²) in [6.07, 6.45) is 1.43. The normalized spacial score (nSPS) is 11.1. The van der Waals surface area contributed by atoms with Gasteiger partial charge in [0.15, 0.2) is 0 Å². The van der Waals surface area contributed by atoms with Crippen molar-refractivity contribution in [3.63, 3.8) is 0 Å². The van der Waals surface area contributed by atoms with Crippen molar-refractivity contribution in [2.45, 2.75) is 24.8 Å². The number of rotatable bonds is 9. The summed E-state index contributed by atoms with van der Waals surface area (Å²) in [5.74, 6) is -0.185. The first kappa shape index (κ1) is 19.7. The second kappa shape index (κ2) is 9.16. The average molecular weight is 379 g/mol. The van der Waals surface area contributed by atoms with Crippen molar-refractivity contribution in [2.24, 2.45) is 0 Å². The van der Waals surface area contributed by atoms with Crippen LogP contribution in [0.15, 0.2) is 52.0 Å². The molecule has 0 spiro atoms. The maximum Gasteiger partial charge on any atom is 0.240 e. The summed E-state index contributed by atoms with van der Waals surface area (Å²) in [5, 5.41) is 5.02. The number of sulfonamides is 1. The van der Waals surface area contributed by atoms with E-state index < -0.39 is 15.9 Å². The van der Waals surface area contributed by atoms with Gasteiger partial charge in [-0.3, -0.25) is 9.59 Å². The fourth-order valence-electron chi connectivity index (χ4n) is 2.03. The van der Waals surface area contributed by atoms with Crippen molar-refractivity contribution in [1.82, 2.24) is 15.4 Å². The molecule has 140 valence electrons. The Bertz CT molecular complexity index is 830. The highest BCUT2D eigenvalue weighted by molar-refractivity contribution is 7.89. The summed E-state index contributed by atoms with van der Waals surface area (Å²) in [4.78, 5) is 23.5. The first-order valence-corrected chi connectivity index (χ1v) is 9.47. The van der Waals surface area contributed by atoms with Crippen molar-refractivity contribution < 1.29 is 22.4 Å². The van der Waals surface area contributed by atoms with Gasteiger partial charge in [-0.25, -0.2) is 13.1 Å². The summed E-state index contributed by atoms with van der Waals surface area (Å²) in [7, 11) is -3.66. The molecule has 0 aliphatic carbocycles. The number of amides is 2. The molecule has 0 saturated carbocycles. The molecular formula is C17H21N3O5S. The third-order valence-corrected chi connectivity index (χ3v) is 4.94. The lowest BCUT2D eigenvalue weighted by Gasteiger charge is -2.08. The molecular weight excluding hydrogens is 358 g/mol. The highest BCUT2D eigenvalue weighted by Crippen LogP contribution is 2.09. The largest absolute Gasteiger partial charge is 0.467 e. The van der Waals surface area contributed by atoms with Gasteiger partial charge in [0, 0.05) is 13.0 Å².